The molecule has 4 rings (SSSR count). The van der Waals surface area contributed by atoms with Gasteiger partial charge in [0, 0.05) is 42.7 Å². The van der Waals surface area contributed by atoms with Crippen LogP contribution < -0.4 is 4.74 Å². The van der Waals surface area contributed by atoms with Crippen LogP contribution in [0.2, 0.25) is 0 Å². The number of benzene rings is 1. The Morgan fingerprint density at radius 2 is 1.78 bits per heavy atom. The van der Waals surface area contributed by atoms with E-state index in [1.54, 1.807) is 13.3 Å². The quantitative estimate of drug-likeness (QED) is 0.213. The van der Waals surface area contributed by atoms with Crippen molar-refractivity contribution in [3.05, 3.63) is 84.3 Å². The summed E-state index contributed by atoms with van der Waals surface area (Å²) in [4.78, 5) is 6.78. The van der Waals surface area contributed by atoms with Crippen LogP contribution in [0, 0.1) is 17.8 Å². The molecule has 228 valence electrons. The first kappa shape index (κ1) is 34.6. The van der Waals surface area contributed by atoms with Gasteiger partial charge in [-0.05, 0) is 85.5 Å². The number of rotatable bonds is 14. The Hall–Kier alpha value is -2.62. The molecule has 1 aliphatic heterocycles. The van der Waals surface area contributed by atoms with Gasteiger partial charge in [0.2, 0.25) is 0 Å². The van der Waals surface area contributed by atoms with Gasteiger partial charge in [-0.1, -0.05) is 71.7 Å². The molecule has 2 atom stereocenters. The third-order valence-corrected chi connectivity index (χ3v) is 8.94. The van der Waals surface area contributed by atoms with Crippen molar-refractivity contribution in [1.29, 1.82) is 0 Å². The number of methoxy groups -OCH3 is 1. The van der Waals surface area contributed by atoms with Gasteiger partial charge in [-0.3, -0.25) is 4.98 Å². The van der Waals surface area contributed by atoms with Crippen molar-refractivity contribution in [2.24, 2.45) is 17.8 Å². The number of fused-ring (bicyclic) bond motifs is 1. The topological polar surface area (TPSA) is 25.4 Å². The number of halogens is 1. The van der Waals surface area contributed by atoms with Gasteiger partial charge >= 0.3 is 0 Å². The molecule has 3 nitrogen and oxygen atoms in total. The summed E-state index contributed by atoms with van der Waals surface area (Å²) in [6, 6.07) is 10.4. The average molecular weight is 565 g/mol. The fourth-order valence-electron chi connectivity index (χ4n) is 6.11. The maximum absolute atomic E-state index is 12.8. The standard InChI is InChI=1S/C21H31FN2.C14H22O.C2H4/c1-15(17(3)19-7-8-19)5-4-6-16(2)24-10-9-21-20(14-24)11-18(12-22)13-23-21;1-4-8-12(9-5-2)13-10-6-7-11-14(13)15-3;1-2/h11,13,15,17,19H,2,4-10,12,14H2,1,3H3;6-7,10-12H,4-5,8-9H2,1-3H3;1-2H2. The summed E-state index contributed by atoms with van der Waals surface area (Å²) < 4.78 is 18.3. The van der Waals surface area contributed by atoms with Crippen LogP contribution in [0.3, 0.4) is 0 Å². The van der Waals surface area contributed by atoms with E-state index in [0.717, 1.165) is 55.1 Å². The highest BCUT2D eigenvalue weighted by molar-refractivity contribution is 5.36. The molecule has 0 radical (unpaired) electrons. The molecular formula is C37H57FN2O. The molecule has 1 aromatic heterocycles. The van der Waals surface area contributed by atoms with Crippen molar-refractivity contribution in [3.63, 3.8) is 0 Å². The Morgan fingerprint density at radius 1 is 1.10 bits per heavy atom. The van der Waals surface area contributed by atoms with Crippen LogP contribution in [-0.2, 0) is 19.6 Å². The third kappa shape index (κ3) is 10.9. The van der Waals surface area contributed by atoms with E-state index in [1.165, 1.54) is 68.2 Å². The predicted octanol–water partition coefficient (Wildman–Crippen LogP) is 10.5. The first-order valence-electron chi connectivity index (χ1n) is 16.0. The number of aromatic nitrogens is 1. The maximum Gasteiger partial charge on any atom is 0.122 e. The zero-order chi connectivity index (χ0) is 30.2. The van der Waals surface area contributed by atoms with E-state index in [-0.39, 0.29) is 0 Å². The van der Waals surface area contributed by atoms with Gasteiger partial charge in [0.25, 0.3) is 0 Å². The molecular weight excluding hydrogens is 507 g/mol. The van der Waals surface area contributed by atoms with Gasteiger partial charge in [0.15, 0.2) is 0 Å². The summed E-state index contributed by atoms with van der Waals surface area (Å²) in [6.45, 7) is 21.0. The summed E-state index contributed by atoms with van der Waals surface area (Å²) in [5.41, 5.74) is 5.60. The SMILES string of the molecule is C=C.C=C(CCCC(C)C(C)C1CC1)N1CCc2ncc(CF)cc2C1.CCCC(CCC)c1ccccc1OC. The Kier molecular flexibility index (Phi) is 15.8. The molecule has 1 saturated carbocycles. The third-order valence-electron chi connectivity index (χ3n) is 8.94. The van der Waals surface area contributed by atoms with Crippen molar-refractivity contribution in [1.82, 2.24) is 9.88 Å². The van der Waals surface area contributed by atoms with E-state index in [0.29, 0.717) is 11.5 Å². The van der Waals surface area contributed by atoms with E-state index in [9.17, 15) is 4.39 Å². The summed E-state index contributed by atoms with van der Waals surface area (Å²) in [5.74, 6) is 4.41. The number of nitrogens with zero attached hydrogens (tertiary/aromatic N) is 2. The molecule has 2 aliphatic rings. The Balaban J connectivity index is 0.000000298. The molecule has 1 aromatic carbocycles. The zero-order valence-electron chi connectivity index (χ0n) is 26.8. The second-order valence-corrected chi connectivity index (χ2v) is 11.9. The van der Waals surface area contributed by atoms with Crippen molar-refractivity contribution in [2.75, 3.05) is 13.7 Å². The number of allylic oxidation sites excluding steroid dienone is 1. The van der Waals surface area contributed by atoms with Gasteiger partial charge in [0.05, 0.1) is 7.11 Å². The summed E-state index contributed by atoms with van der Waals surface area (Å²) in [5, 5.41) is 0. The van der Waals surface area contributed by atoms with Crippen LogP contribution in [0.4, 0.5) is 4.39 Å². The van der Waals surface area contributed by atoms with Gasteiger partial charge in [0.1, 0.15) is 12.4 Å². The molecule has 0 saturated heterocycles. The molecule has 2 unspecified atom stereocenters. The summed E-state index contributed by atoms with van der Waals surface area (Å²) in [7, 11) is 1.76. The fraction of sp³-hybridized carbons (Fsp3) is 0.595. The van der Waals surface area contributed by atoms with Gasteiger partial charge in [-0.25, -0.2) is 4.39 Å². The summed E-state index contributed by atoms with van der Waals surface area (Å²) >= 11 is 0. The fourth-order valence-corrected chi connectivity index (χ4v) is 6.11. The minimum absolute atomic E-state index is 0.432. The molecule has 41 heavy (non-hydrogen) atoms. The molecule has 0 N–H and O–H groups in total. The van der Waals surface area contributed by atoms with Crippen LogP contribution in [0.15, 0.2) is 62.0 Å². The largest absolute Gasteiger partial charge is 0.496 e. The normalized spacial score (nSPS) is 15.5. The molecule has 4 heteroatoms. The zero-order valence-corrected chi connectivity index (χ0v) is 26.8. The lowest BCUT2D eigenvalue weighted by molar-refractivity contribution is 0.291. The van der Waals surface area contributed by atoms with Crippen LogP contribution in [0.5, 0.6) is 5.75 Å². The van der Waals surface area contributed by atoms with Gasteiger partial charge in [-0.2, -0.15) is 0 Å². The number of ether oxygens (including phenoxy) is 1. The number of hydrogen-bond acceptors (Lipinski definition) is 3. The molecule has 2 heterocycles. The molecule has 2 aromatic rings. The predicted molar refractivity (Wildman–Crippen MR) is 174 cm³/mol. The second kappa shape index (κ2) is 18.7. The van der Waals surface area contributed by atoms with E-state index in [4.69, 9.17) is 4.74 Å². The summed E-state index contributed by atoms with van der Waals surface area (Å²) in [6.07, 6.45) is 14.1. The highest BCUT2D eigenvalue weighted by Crippen LogP contribution is 2.41. The molecule has 1 aliphatic carbocycles. The van der Waals surface area contributed by atoms with Crippen molar-refractivity contribution < 1.29 is 9.13 Å². The van der Waals surface area contributed by atoms with Crippen LogP contribution in [-0.4, -0.2) is 23.5 Å². The monoisotopic (exact) mass is 564 g/mol. The lowest BCUT2D eigenvalue weighted by atomic mass is 9.87. The van der Waals surface area contributed by atoms with E-state index >= 15 is 0 Å². The maximum atomic E-state index is 12.8. The Morgan fingerprint density at radius 3 is 2.39 bits per heavy atom. The van der Waals surface area contributed by atoms with Gasteiger partial charge < -0.3 is 9.64 Å². The van der Waals surface area contributed by atoms with Crippen LogP contribution >= 0.6 is 0 Å². The minimum Gasteiger partial charge on any atom is -0.496 e. The smallest absolute Gasteiger partial charge is 0.122 e. The van der Waals surface area contributed by atoms with E-state index in [2.05, 4.69) is 75.5 Å². The first-order valence-corrected chi connectivity index (χ1v) is 16.0. The van der Waals surface area contributed by atoms with E-state index < -0.39 is 6.67 Å². The lowest BCUT2D eigenvalue weighted by Gasteiger charge is -2.32. The molecule has 0 spiro atoms. The molecule has 0 amide bonds. The average Bonchev–Trinajstić information content (AvgIpc) is 3.87. The Labute approximate surface area is 251 Å². The van der Waals surface area contributed by atoms with Crippen molar-refractivity contribution in [3.8, 4) is 5.75 Å². The highest BCUT2D eigenvalue weighted by atomic mass is 19.1. The number of alkyl halides is 1. The van der Waals surface area contributed by atoms with Crippen LogP contribution in [0.1, 0.15) is 114 Å². The Bertz CT molecular complexity index is 1030. The molecule has 1 fully saturated rings. The molecule has 0 bridgehead atoms. The van der Waals surface area contributed by atoms with Crippen molar-refractivity contribution >= 4 is 0 Å². The van der Waals surface area contributed by atoms with Crippen LogP contribution in [0.25, 0.3) is 0 Å². The second-order valence-electron chi connectivity index (χ2n) is 11.9. The minimum atomic E-state index is -0.432. The van der Waals surface area contributed by atoms with E-state index in [1.807, 2.05) is 12.1 Å². The number of pyridine rings is 1. The number of para-hydroxylation sites is 1. The number of hydrogen-bond donors (Lipinski definition) is 0. The highest BCUT2D eigenvalue weighted by Gasteiger charge is 2.31. The van der Waals surface area contributed by atoms with Gasteiger partial charge in [-0.15, -0.1) is 13.2 Å². The lowest BCUT2D eigenvalue weighted by Crippen LogP contribution is -2.30. The first-order chi connectivity index (χ1) is 19.9. The van der Waals surface area contributed by atoms with Crippen molar-refractivity contribution in [2.45, 2.75) is 111 Å².